The van der Waals surface area contributed by atoms with E-state index in [1.54, 1.807) is 24.3 Å². The van der Waals surface area contributed by atoms with Crippen LogP contribution in [0.25, 0.3) is 11.4 Å². The van der Waals surface area contributed by atoms with Gasteiger partial charge in [-0.05, 0) is 0 Å². The van der Waals surface area contributed by atoms with Crippen molar-refractivity contribution in [1.29, 1.82) is 0 Å². The number of carboxylic acids is 1. The van der Waals surface area contributed by atoms with E-state index in [0.29, 0.717) is 5.82 Å². The number of aromatic nitrogens is 2. The Balaban J connectivity index is 2.53. The molecule has 1 aromatic carbocycles. The van der Waals surface area contributed by atoms with Crippen molar-refractivity contribution in [3.05, 3.63) is 41.7 Å². The summed E-state index contributed by atoms with van der Waals surface area (Å²) in [4.78, 5) is 29.2. The average molecular weight is 245 g/mol. The highest BCUT2D eigenvalue weighted by Gasteiger charge is 2.21. The molecule has 0 spiro atoms. The molecule has 0 radical (unpaired) electrons. The van der Waals surface area contributed by atoms with Crippen molar-refractivity contribution in [1.82, 2.24) is 15.3 Å². The van der Waals surface area contributed by atoms with E-state index in [1.165, 1.54) is 7.05 Å². The highest BCUT2D eigenvalue weighted by Crippen LogP contribution is 2.18. The number of benzene rings is 1. The first-order valence-electron chi connectivity index (χ1n) is 5.24. The lowest BCUT2D eigenvalue weighted by Gasteiger charge is -1.95. The zero-order chi connectivity index (χ0) is 13.1. The highest BCUT2D eigenvalue weighted by atomic mass is 16.4. The Labute approximate surface area is 103 Å². The monoisotopic (exact) mass is 245 g/mol. The number of carboxylic acid groups (broad SMARTS) is 1. The first kappa shape index (κ1) is 11.8. The number of carbonyl (C=O) groups excluding carboxylic acids is 1. The number of nitrogens with one attached hydrogen (secondary N) is 2. The summed E-state index contributed by atoms with van der Waals surface area (Å²) in [5, 5.41) is 11.4. The maximum absolute atomic E-state index is 11.5. The van der Waals surface area contributed by atoms with Crippen molar-refractivity contribution in [3.8, 4) is 11.4 Å². The van der Waals surface area contributed by atoms with E-state index in [1.807, 2.05) is 6.07 Å². The van der Waals surface area contributed by atoms with Crippen LogP contribution in [0.5, 0.6) is 0 Å². The maximum Gasteiger partial charge on any atom is 0.354 e. The number of aromatic amines is 1. The molecule has 0 unspecified atom stereocenters. The number of hydrogen-bond acceptors (Lipinski definition) is 3. The summed E-state index contributed by atoms with van der Waals surface area (Å²) in [6.45, 7) is 0. The van der Waals surface area contributed by atoms with Gasteiger partial charge in [0, 0.05) is 12.6 Å². The van der Waals surface area contributed by atoms with E-state index in [4.69, 9.17) is 5.11 Å². The number of rotatable bonds is 3. The van der Waals surface area contributed by atoms with Crippen LogP contribution >= 0.6 is 0 Å². The molecule has 0 bridgehead atoms. The van der Waals surface area contributed by atoms with Crippen LogP contribution in [0, 0.1) is 0 Å². The zero-order valence-corrected chi connectivity index (χ0v) is 9.60. The van der Waals surface area contributed by atoms with E-state index in [2.05, 4.69) is 15.3 Å². The molecule has 2 aromatic rings. The molecule has 0 aliphatic heterocycles. The van der Waals surface area contributed by atoms with Gasteiger partial charge in [-0.1, -0.05) is 30.3 Å². The van der Waals surface area contributed by atoms with E-state index < -0.39 is 11.9 Å². The van der Waals surface area contributed by atoms with Gasteiger partial charge in [0.05, 0.1) is 0 Å². The van der Waals surface area contributed by atoms with Gasteiger partial charge in [-0.25, -0.2) is 9.78 Å². The Bertz CT molecular complexity index is 590. The topological polar surface area (TPSA) is 95.1 Å². The molecule has 1 aromatic heterocycles. The number of imidazole rings is 1. The summed E-state index contributed by atoms with van der Waals surface area (Å²) >= 11 is 0. The molecule has 2 rings (SSSR count). The summed E-state index contributed by atoms with van der Waals surface area (Å²) in [6, 6.07) is 9.00. The first-order chi connectivity index (χ1) is 8.63. The Morgan fingerprint density at radius 2 is 1.94 bits per heavy atom. The summed E-state index contributed by atoms with van der Waals surface area (Å²) in [6.07, 6.45) is 0. The van der Waals surface area contributed by atoms with Crippen molar-refractivity contribution < 1.29 is 14.7 Å². The maximum atomic E-state index is 11.5. The van der Waals surface area contributed by atoms with Crippen LogP contribution in [0.1, 0.15) is 21.0 Å². The molecule has 6 nitrogen and oxygen atoms in total. The lowest BCUT2D eigenvalue weighted by molar-refractivity contribution is 0.0685. The largest absolute Gasteiger partial charge is 0.477 e. The predicted molar refractivity (Wildman–Crippen MR) is 64.4 cm³/mol. The highest BCUT2D eigenvalue weighted by molar-refractivity contribution is 6.02. The number of nitrogens with zero attached hydrogens (tertiary/aromatic N) is 1. The van der Waals surface area contributed by atoms with Gasteiger partial charge in [-0.15, -0.1) is 0 Å². The van der Waals surface area contributed by atoms with Gasteiger partial charge in [-0.3, -0.25) is 4.79 Å². The summed E-state index contributed by atoms with van der Waals surface area (Å²) in [5.74, 6) is -1.40. The predicted octanol–water partition coefficient (Wildman–Crippen LogP) is 1.13. The molecular formula is C12H11N3O3. The van der Waals surface area contributed by atoms with E-state index in [-0.39, 0.29) is 11.4 Å². The van der Waals surface area contributed by atoms with Gasteiger partial charge in [0.25, 0.3) is 5.91 Å². The Kier molecular flexibility index (Phi) is 3.09. The van der Waals surface area contributed by atoms with E-state index >= 15 is 0 Å². The quantitative estimate of drug-likeness (QED) is 0.755. The molecule has 0 saturated carbocycles. The smallest absolute Gasteiger partial charge is 0.354 e. The third kappa shape index (κ3) is 2.08. The number of aromatic carboxylic acids is 1. The second kappa shape index (κ2) is 4.70. The van der Waals surface area contributed by atoms with Crippen LogP contribution in [-0.4, -0.2) is 34.0 Å². The third-order valence-corrected chi connectivity index (χ3v) is 2.41. The molecule has 0 fully saturated rings. The van der Waals surface area contributed by atoms with Crippen LogP contribution in [0.15, 0.2) is 30.3 Å². The molecule has 0 aliphatic carbocycles. The molecule has 6 heteroatoms. The van der Waals surface area contributed by atoms with Crippen LogP contribution in [0.3, 0.4) is 0 Å². The Morgan fingerprint density at radius 3 is 2.50 bits per heavy atom. The van der Waals surface area contributed by atoms with Crippen molar-refractivity contribution in [2.75, 3.05) is 7.05 Å². The van der Waals surface area contributed by atoms with E-state index in [0.717, 1.165) is 5.56 Å². The minimum atomic E-state index is -1.22. The van der Waals surface area contributed by atoms with Gasteiger partial charge in [0.2, 0.25) is 0 Å². The number of carbonyl (C=O) groups is 2. The average Bonchev–Trinajstić information content (AvgIpc) is 2.84. The van der Waals surface area contributed by atoms with Gasteiger partial charge in [0.1, 0.15) is 5.82 Å². The lowest BCUT2D eigenvalue weighted by atomic mass is 10.2. The van der Waals surface area contributed by atoms with Crippen molar-refractivity contribution in [2.24, 2.45) is 0 Å². The van der Waals surface area contributed by atoms with Crippen molar-refractivity contribution in [2.45, 2.75) is 0 Å². The number of amides is 1. The summed E-state index contributed by atoms with van der Waals surface area (Å²) in [5.41, 5.74) is 0.382. The van der Waals surface area contributed by atoms with Crippen LogP contribution in [0.2, 0.25) is 0 Å². The Hall–Kier alpha value is -2.63. The van der Waals surface area contributed by atoms with Gasteiger partial charge >= 0.3 is 5.97 Å². The van der Waals surface area contributed by atoms with Crippen molar-refractivity contribution in [3.63, 3.8) is 0 Å². The van der Waals surface area contributed by atoms with Crippen LogP contribution in [0.4, 0.5) is 0 Å². The summed E-state index contributed by atoms with van der Waals surface area (Å²) in [7, 11) is 1.42. The van der Waals surface area contributed by atoms with Gasteiger partial charge in [-0.2, -0.15) is 0 Å². The van der Waals surface area contributed by atoms with Crippen LogP contribution < -0.4 is 5.32 Å². The zero-order valence-electron chi connectivity index (χ0n) is 9.60. The fourth-order valence-electron chi connectivity index (χ4n) is 1.54. The lowest BCUT2D eigenvalue weighted by Crippen LogP contribution is -2.21. The molecule has 0 atom stereocenters. The minimum absolute atomic E-state index is 0.121. The number of hydrogen-bond donors (Lipinski definition) is 3. The molecule has 18 heavy (non-hydrogen) atoms. The van der Waals surface area contributed by atoms with E-state index in [9.17, 15) is 9.59 Å². The molecule has 3 N–H and O–H groups in total. The second-order valence-electron chi connectivity index (χ2n) is 3.56. The molecule has 1 amide bonds. The standard InChI is InChI=1S/C12H11N3O3/c1-13-11(16)8-9(12(17)18)15-10(14-8)7-5-3-2-4-6-7/h2-6H,1H3,(H,13,16)(H,14,15)(H,17,18). The molecule has 0 aliphatic rings. The normalized spacial score (nSPS) is 10.1. The van der Waals surface area contributed by atoms with Gasteiger partial charge < -0.3 is 15.4 Å². The number of H-pyrrole nitrogens is 1. The third-order valence-electron chi connectivity index (χ3n) is 2.41. The van der Waals surface area contributed by atoms with Crippen molar-refractivity contribution >= 4 is 11.9 Å². The minimum Gasteiger partial charge on any atom is -0.477 e. The molecule has 92 valence electrons. The van der Waals surface area contributed by atoms with Gasteiger partial charge in [0.15, 0.2) is 11.4 Å². The van der Waals surface area contributed by atoms with Crippen LogP contribution in [-0.2, 0) is 0 Å². The molecule has 0 saturated heterocycles. The fourth-order valence-corrected chi connectivity index (χ4v) is 1.54. The second-order valence-corrected chi connectivity index (χ2v) is 3.56. The molecular weight excluding hydrogens is 234 g/mol. The summed E-state index contributed by atoms with van der Waals surface area (Å²) < 4.78 is 0. The Morgan fingerprint density at radius 1 is 1.28 bits per heavy atom. The first-order valence-corrected chi connectivity index (χ1v) is 5.24. The molecule has 1 heterocycles. The fraction of sp³-hybridized carbons (Fsp3) is 0.0833. The SMILES string of the molecule is CNC(=O)c1nc(-c2ccccc2)[nH]c1C(=O)O.